The Morgan fingerprint density at radius 1 is 0.741 bits per heavy atom. The highest BCUT2D eigenvalue weighted by atomic mass is 79.9. The zero-order valence-corrected chi connectivity index (χ0v) is 33.8. The number of alkyl halides is 4. The summed E-state index contributed by atoms with van der Waals surface area (Å²) in [6.45, 7) is 7.75. The van der Waals surface area contributed by atoms with Crippen molar-refractivity contribution in [1.82, 2.24) is 5.32 Å². The summed E-state index contributed by atoms with van der Waals surface area (Å²) < 4.78 is 85.8. The van der Waals surface area contributed by atoms with E-state index in [4.69, 9.17) is 9.47 Å². The predicted octanol–water partition coefficient (Wildman–Crippen LogP) is 11.3. The molecule has 5 rings (SSSR count). The molecule has 0 unspecified atom stereocenters. The van der Waals surface area contributed by atoms with E-state index in [1.54, 1.807) is 19.1 Å². The molecule has 7 nitrogen and oxygen atoms in total. The first-order valence-electron chi connectivity index (χ1n) is 16.7. The molecule has 16 heteroatoms. The zero-order valence-electron chi connectivity index (χ0n) is 29.0. The van der Waals surface area contributed by atoms with Crippen molar-refractivity contribution in [3.05, 3.63) is 96.3 Å². The van der Waals surface area contributed by atoms with Crippen molar-refractivity contribution < 1.29 is 50.2 Å². The summed E-state index contributed by atoms with van der Waals surface area (Å²) in [5.41, 5.74) is 0.822. The summed E-state index contributed by atoms with van der Waals surface area (Å²) in [7, 11) is 0. The smallest absolute Gasteiger partial charge is 0.309 e. The molecule has 0 saturated carbocycles. The first-order chi connectivity index (χ1) is 25.2. The van der Waals surface area contributed by atoms with Gasteiger partial charge in [-0.15, -0.1) is 0 Å². The van der Waals surface area contributed by atoms with Crippen molar-refractivity contribution in [3.63, 3.8) is 0 Å². The van der Waals surface area contributed by atoms with Gasteiger partial charge in [0.1, 0.15) is 17.9 Å². The average Bonchev–Trinajstić information content (AvgIpc) is 3.15. The van der Waals surface area contributed by atoms with Gasteiger partial charge >= 0.3 is 11.9 Å². The topological polar surface area (TPSA) is 84.9 Å². The van der Waals surface area contributed by atoms with Gasteiger partial charge in [0.25, 0.3) is 12.9 Å². The largest absolute Gasteiger partial charge is 0.466 e. The second-order valence-electron chi connectivity index (χ2n) is 11.6. The number of nitrogens with zero attached hydrogens (tertiary/aromatic N) is 1. The van der Waals surface area contributed by atoms with Crippen molar-refractivity contribution in [2.75, 3.05) is 44.3 Å². The van der Waals surface area contributed by atoms with Crippen LogP contribution in [0.25, 0.3) is 0 Å². The van der Waals surface area contributed by atoms with Crippen molar-refractivity contribution in [3.8, 4) is 0 Å². The number of anilines is 1. The van der Waals surface area contributed by atoms with Crippen LogP contribution in [0.3, 0.4) is 0 Å². The van der Waals surface area contributed by atoms with E-state index >= 15 is 0 Å². The van der Waals surface area contributed by atoms with Gasteiger partial charge in [0.15, 0.2) is 0 Å². The van der Waals surface area contributed by atoms with Gasteiger partial charge in [-0.1, -0.05) is 25.6 Å². The lowest BCUT2D eigenvalue weighted by atomic mass is 9.96. The Morgan fingerprint density at radius 3 is 1.63 bits per heavy atom. The van der Waals surface area contributed by atoms with Gasteiger partial charge in [0, 0.05) is 34.3 Å². The Kier molecular flexibility index (Phi) is 23.6. The maximum atomic E-state index is 12.8. The predicted molar refractivity (Wildman–Crippen MR) is 208 cm³/mol. The van der Waals surface area contributed by atoms with Crippen LogP contribution in [0.15, 0.2) is 68.0 Å². The molecule has 54 heavy (non-hydrogen) atoms. The molecule has 0 spiro atoms. The number of nitrogens with one attached hydrogen (secondary N) is 1. The number of ether oxygens (including phenoxy) is 2. The fraction of sp³-hybridized carbons (Fsp3) is 0.447. The molecule has 2 fully saturated rings. The minimum Gasteiger partial charge on any atom is -0.466 e. The average molecular weight is 963 g/mol. The van der Waals surface area contributed by atoms with Crippen LogP contribution in [-0.2, 0) is 19.1 Å². The molecule has 2 heterocycles. The van der Waals surface area contributed by atoms with Gasteiger partial charge in [0.05, 0.1) is 39.7 Å². The number of esters is 2. The van der Waals surface area contributed by atoms with E-state index in [0.29, 0.717) is 55.5 Å². The summed E-state index contributed by atoms with van der Waals surface area (Å²) in [6.07, 6.45) is -1.26. The molecule has 0 radical (unpaired) electrons. The Labute approximate surface area is 337 Å². The molecular weight excluding hydrogens is 918 g/mol. The Balaban J connectivity index is 0.000000380. The summed E-state index contributed by atoms with van der Waals surface area (Å²) in [6, 6.07) is 12.1. The van der Waals surface area contributed by atoms with Crippen LogP contribution in [-0.4, -0.2) is 57.6 Å². The van der Waals surface area contributed by atoms with Crippen molar-refractivity contribution in [2.45, 2.75) is 59.8 Å². The lowest BCUT2D eigenvalue weighted by Crippen LogP contribution is -2.37. The highest BCUT2D eigenvalue weighted by Gasteiger charge is 2.27. The number of carbonyl (C=O) groups is 3. The van der Waals surface area contributed by atoms with E-state index in [1.807, 2.05) is 11.8 Å². The van der Waals surface area contributed by atoms with Crippen LogP contribution in [0, 0.1) is 23.5 Å². The summed E-state index contributed by atoms with van der Waals surface area (Å²) in [5.74, 6) is -1.19. The lowest BCUT2D eigenvalue weighted by molar-refractivity contribution is -0.149. The number of rotatable bonds is 8. The molecule has 3 aromatic carbocycles. The van der Waals surface area contributed by atoms with Crippen LogP contribution in [0.5, 0.6) is 0 Å². The third-order valence-corrected chi connectivity index (χ3v) is 9.87. The van der Waals surface area contributed by atoms with Crippen LogP contribution in [0.1, 0.15) is 81.3 Å². The first kappa shape index (κ1) is 49.1. The molecule has 0 aromatic heterocycles. The zero-order chi connectivity index (χ0) is 39.5. The van der Waals surface area contributed by atoms with Gasteiger partial charge in [-0.3, -0.25) is 14.4 Å². The fourth-order valence-corrected chi connectivity index (χ4v) is 6.07. The summed E-state index contributed by atoms with van der Waals surface area (Å²) in [5, 5.41) is 3.20. The number of carbonyl (C=O) groups excluding carboxylic acids is 3. The van der Waals surface area contributed by atoms with Crippen LogP contribution in [0.2, 0.25) is 0 Å². The Morgan fingerprint density at radius 2 is 1.19 bits per heavy atom. The van der Waals surface area contributed by atoms with Crippen LogP contribution >= 0.6 is 47.8 Å². The Bertz CT molecular complexity index is 1610. The maximum Gasteiger partial charge on any atom is 0.309 e. The molecule has 0 aliphatic carbocycles. The third kappa shape index (κ3) is 16.8. The normalized spacial score (nSPS) is 14.3. The van der Waals surface area contributed by atoms with Crippen molar-refractivity contribution in [2.24, 2.45) is 11.8 Å². The summed E-state index contributed by atoms with van der Waals surface area (Å²) in [4.78, 5) is 35.0. The minimum absolute atomic E-state index is 0. The molecule has 3 aromatic rings. The van der Waals surface area contributed by atoms with Crippen molar-refractivity contribution in [1.29, 1.82) is 0 Å². The van der Waals surface area contributed by atoms with Gasteiger partial charge in [-0.25, -0.2) is 26.3 Å². The molecule has 2 aliphatic heterocycles. The van der Waals surface area contributed by atoms with E-state index in [1.165, 1.54) is 36.4 Å². The quantitative estimate of drug-likeness (QED) is 0.137. The van der Waals surface area contributed by atoms with E-state index in [9.17, 15) is 40.7 Å². The molecular formula is C38H45Br3F6N2O5. The van der Waals surface area contributed by atoms with Gasteiger partial charge < -0.3 is 19.7 Å². The molecule has 0 amide bonds. The summed E-state index contributed by atoms with van der Waals surface area (Å²) >= 11 is 9.23. The highest BCUT2D eigenvalue weighted by molar-refractivity contribution is 9.11. The number of hydrogen-bond acceptors (Lipinski definition) is 7. The van der Waals surface area contributed by atoms with Gasteiger partial charge in [-0.05, 0) is 137 Å². The number of hydrogen-bond donors (Lipinski definition) is 1. The number of halogens is 9. The second-order valence-corrected chi connectivity index (χ2v) is 14.1. The maximum absolute atomic E-state index is 12.8. The molecule has 0 bridgehead atoms. The molecule has 2 aliphatic rings. The van der Waals surface area contributed by atoms with E-state index in [-0.39, 0.29) is 46.8 Å². The van der Waals surface area contributed by atoms with Crippen molar-refractivity contribution >= 4 is 71.7 Å². The Hall–Kier alpha value is -2.95. The standard InChI is InChI=1S/C15H18BrF2NO2.C8H15NO2.C7H4BrF3.C7H4BrFO.CH4/c1-2-21-15(20)10-5-7-19(8-6-10)13-9-11(14(17)18)3-4-12(13)16;1-2-11-8(10)7-3-5-9-6-4-7;8-5-2-1-4(7(10)11)3-6(5)9;8-6-2-1-5(4-10)3-7(6)9;/h3-4,9-10,14H,2,5-8H2,1H3;7,9H,2-6H2,1H3;1-3,7H;1-4H;1H4. The van der Waals surface area contributed by atoms with Gasteiger partial charge in [0.2, 0.25) is 0 Å². The van der Waals surface area contributed by atoms with Gasteiger partial charge in [-0.2, -0.15) is 0 Å². The number of piperidine rings is 2. The monoisotopic (exact) mass is 960 g/mol. The van der Waals surface area contributed by atoms with Crippen LogP contribution < -0.4 is 10.2 Å². The number of benzene rings is 3. The molecule has 300 valence electrons. The molecule has 0 atom stereocenters. The van der Waals surface area contributed by atoms with E-state index < -0.39 is 24.5 Å². The molecule has 1 N–H and O–H groups in total. The SMILES string of the molecule is C.CCOC(=O)C1CCN(c2cc(C(F)F)ccc2Br)CC1.CCOC(=O)C1CCNCC1.Fc1cc(C(F)F)ccc1Br.O=Cc1ccc(Br)c(F)c1. The third-order valence-electron chi connectivity index (χ3n) is 7.91. The minimum atomic E-state index is -2.61. The second kappa shape index (κ2) is 26.0. The lowest BCUT2D eigenvalue weighted by Gasteiger charge is -2.33. The molecule has 2 saturated heterocycles. The van der Waals surface area contributed by atoms with E-state index in [2.05, 4.69) is 53.1 Å². The van der Waals surface area contributed by atoms with E-state index in [0.717, 1.165) is 42.2 Å². The van der Waals surface area contributed by atoms with Crippen LogP contribution in [0.4, 0.5) is 32.0 Å². The highest BCUT2D eigenvalue weighted by Crippen LogP contribution is 2.34. The first-order valence-corrected chi connectivity index (χ1v) is 19.1. The number of aldehydes is 1. The fourth-order valence-electron chi connectivity index (χ4n) is 5.08.